The predicted octanol–water partition coefficient (Wildman–Crippen LogP) is 13.9. The van der Waals surface area contributed by atoms with Gasteiger partial charge in [-0.15, -0.1) is 69.1 Å². The Bertz CT molecular complexity index is 2300. The largest absolute Gasteiger partial charge is 4.00 e. The van der Waals surface area contributed by atoms with Crippen molar-refractivity contribution in [1.82, 2.24) is 0 Å². The van der Waals surface area contributed by atoms with Gasteiger partial charge in [0.05, 0.1) is 0 Å². The summed E-state index contributed by atoms with van der Waals surface area (Å²) in [5.74, 6) is 0. The van der Waals surface area contributed by atoms with E-state index in [1.165, 1.54) is 99.4 Å². The summed E-state index contributed by atoms with van der Waals surface area (Å²) >= 11 is 0. The van der Waals surface area contributed by atoms with E-state index >= 15 is 0 Å². The third-order valence-electron chi connectivity index (χ3n) is 10.7. The quantitative estimate of drug-likeness (QED) is 0.116. The van der Waals surface area contributed by atoms with E-state index in [0.717, 1.165) is 0 Å². The van der Waals surface area contributed by atoms with Gasteiger partial charge in [-0.2, -0.15) is 12.1 Å². The molecule has 8 rings (SSSR count). The number of rotatable bonds is 6. The first-order chi connectivity index (χ1) is 23.7. The van der Waals surface area contributed by atoms with Gasteiger partial charge < -0.3 is 14.9 Å². The summed E-state index contributed by atoms with van der Waals surface area (Å²) in [6, 6.07) is 55.5. The van der Waals surface area contributed by atoms with Crippen molar-refractivity contribution in [3.63, 3.8) is 0 Å². The van der Waals surface area contributed by atoms with Crippen LogP contribution in [0.25, 0.3) is 43.8 Å². The van der Waals surface area contributed by atoms with Gasteiger partial charge in [-0.1, -0.05) is 130 Å². The van der Waals surface area contributed by atoms with E-state index in [0.29, 0.717) is 0 Å². The van der Waals surface area contributed by atoms with Crippen molar-refractivity contribution in [3.05, 3.63) is 216 Å². The average Bonchev–Trinajstić information content (AvgIpc) is 3.74. The Labute approximate surface area is 330 Å². The number of hydrogen-bond donors (Lipinski definition) is 0. The second-order valence-electron chi connectivity index (χ2n) is 14.2. The van der Waals surface area contributed by atoms with E-state index < -0.39 is 5.41 Å². The fraction of sp³-hybridized carbons (Fsp3) is 0.137. The van der Waals surface area contributed by atoms with Crippen LogP contribution >= 0.6 is 0 Å². The summed E-state index contributed by atoms with van der Waals surface area (Å²) < 4.78 is 0. The van der Waals surface area contributed by atoms with Gasteiger partial charge in [0.25, 0.3) is 0 Å². The van der Waals surface area contributed by atoms with E-state index in [2.05, 4.69) is 187 Å². The normalized spacial score (nSPS) is 11.2. The molecule has 0 amide bonds. The SMILES string of the molecule is Cc1ccc(C(c2ccc(C)cc2)(c2cc3c(-c4cc(C)ccc4C)cccc3[cH-]2)c2cc3c(-c4cc(C)ccc4C)cccc3[cH-]2)cc1.[CH3-].[CH3-].[Hf+4]. The minimum Gasteiger partial charge on any atom is -0.358 e. The Balaban J connectivity index is 0.00000174. The molecular formula is C51H48Hf. The summed E-state index contributed by atoms with van der Waals surface area (Å²) in [4.78, 5) is 0. The summed E-state index contributed by atoms with van der Waals surface area (Å²) in [6.45, 7) is 13.2. The standard InChI is InChI=1S/C49H42.2CH3.Hf/c1-31-15-21-39(22-16-31)49(40-23-17-32(2)18-24-40,41-27-37-9-7-11-43(47(37)29-41)45-25-33(3)13-19-35(45)5)42-28-38-10-8-12-44(48(38)30-42)46-26-34(4)14-20-36(46)6;;;/h7-30H,1-6H3;2*1H3;/q-2;2*-1;+4. The molecule has 256 valence electrons. The molecule has 0 bridgehead atoms. The Morgan fingerprint density at radius 3 is 1.13 bits per heavy atom. The number of hydrogen-bond acceptors (Lipinski definition) is 0. The van der Waals surface area contributed by atoms with Crippen LogP contribution in [-0.2, 0) is 31.3 Å². The van der Waals surface area contributed by atoms with Crippen LogP contribution in [0.2, 0.25) is 0 Å². The molecule has 0 N–H and O–H groups in total. The van der Waals surface area contributed by atoms with Crippen LogP contribution in [0.15, 0.2) is 146 Å². The van der Waals surface area contributed by atoms with Gasteiger partial charge in [-0.3, -0.25) is 0 Å². The molecule has 0 aliphatic heterocycles. The first-order valence-electron chi connectivity index (χ1n) is 17.4. The second kappa shape index (κ2) is 15.2. The number of aryl methyl sites for hydroxylation is 6. The predicted molar refractivity (Wildman–Crippen MR) is 223 cm³/mol. The van der Waals surface area contributed by atoms with Gasteiger partial charge in [-0.05, 0) is 74.9 Å². The minimum absolute atomic E-state index is 0. The van der Waals surface area contributed by atoms with E-state index in [-0.39, 0.29) is 40.7 Å². The fourth-order valence-corrected chi connectivity index (χ4v) is 8.03. The summed E-state index contributed by atoms with van der Waals surface area (Å²) in [5.41, 5.74) is 17.4. The molecule has 0 atom stereocenters. The van der Waals surface area contributed by atoms with Gasteiger partial charge in [0.15, 0.2) is 0 Å². The summed E-state index contributed by atoms with van der Waals surface area (Å²) in [7, 11) is 0. The van der Waals surface area contributed by atoms with E-state index in [1.54, 1.807) is 0 Å². The molecule has 0 fully saturated rings. The maximum Gasteiger partial charge on any atom is 4.00 e. The van der Waals surface area contributed by atoms with E-state index in [4.69, 9.17) is 0 Å². The molecule has 0 saturated carbocycles. The second-order valence-corrected chi connectivity index (χ2v) is 14.2. The van der Waals surface area contributed by atoms with Gasteiger partial charge in [-0.25, -0.2) is 0 Å². The molecule has 0 spiro atoms. The molecular weight excluding hydrogens is 791 g/mol. The van der Waals surface area contributed by atoms with Crippen molar-refractivity contribution in [2.75, 3.05) is 0 Å². The van der Waals surface area contributed by atoms with Gasteiger partial charge >= 0.3 is 25.8 Å². The Morgan fingerprint density at radius 2 is 0.750 bits per heavy atom. The Kier molecular flexibility index (Phi) is 11.3. The summed E-state index contributed by atoms with van der Waals surface area (Å²) in [5, 5.41) is 5.12. The van der Waals surface area contributed by atoms with Crippen LogP contribution in [-0.4, -0.2) is 0 Å². The van der Waals surface area contributed by atoms with Crippen molar-refractivity contribution in [3.8, 4) is 22.3 Å². The van der Waals surface area contributed by atoms with Gasteiger partial charge in [0.2, 0.25) is 0 Å². The zero-order chi connectivity index (χ0) is 33.9. The van der Waals surface area contributed by atoms with Crippen molar-refractivity contribution in [2.45, 2.75) is 47.0 Å². The van der Waals surface area contributed by atoms with Crippen molar-refractivity contribution >= 4 is 21.5 Å². The van der Waals surface area contributed by atoms with E-state index in [1.807, 2.05) is 0 Å². The molecule has 52 heavy (non-hydrogen) atoms. The first-order valence-corrected chi connectivity index (χ1v) is 17.4. The molecule has 0 aromatic heterocycles. The number of benzene rings is 6. The monoisotopic (exact) mass is 840 g/mol. The molecule has 0 aliphatic rings. The Morgan fingerprint density at radius 1 is 0.385 bits per heavy atom. The van der Waals surface area contributed by atoms with Crippen molar-refractivity contribution in [2.24, 2.45) is 0 Å². The Hall–Kier alpha value is -4.59. The minimum atomic E-state index is -0.544. The molecule has 0 saturated heterocycles. The number of fused-ring (bicyclic) bond motifs is 2. The first kappa shape index (κ1) is 38.6. The molecule has 8 aromatic rings. The van der Waals surface area contributed by atoms with Crippen LogP contribution in [0.4, 0.5) is 0 Å². The fourth-order valence-electron chi connectivity index (χ4n) is 8.03. The molecule has 0 aliphatic carbocycles. The third kappa shape index (κ3) is 6.50. The maximum absolute atomic E-state index is 2.48. The van der Waals surface area contributed by atoms with Crippen LogP contribution in [0.1, 0.15) is 55.6 Å². The van der Waals surface area contributed by atoms with Gasteiger partial charge in [0.1, 0.15) is 0 Å². The van der Waals surface area contributed by atoms with Crippen LogP contribution in [0.3, 0.4) is 0 Å². The van der Waals surface area contributed by atoms with Gasteiger partial charge in [0, 0.05) is 5.41 Å². The molecule has 1 heteroatoms. The van der Waals surface area contributed by atoms with Crippen LogP contribution < -0.4 is 0 Å². The van der Waals surface area contributed by atoms with E-state index in [9.17, 15) is 0 Å². The molecule has 0 radical (unpaired) electrons. The topological polar surface area (TPSA) is 0 Å². The zero-order valence-corrected chi connectivity index (χ0v) is 35.4. The molecule has 0 heterocycles. The molecule has 0 unspecified atom stereocenters. The van der Waals surface area contributed by atoms with Crippen LogP contribution in [0.5, 0.6) is 0 Å². The van der Waals surface area contributed by atoms with Crippen molar-refractivity contribution in [1.29, 1.82) is 0 Å². The third-order valence-corrected chi connectivity index (χ3v) is 10.7. The zero-order valence-electron chi connectivity index (χ0n) is 31.9. The van der Waals surface area contributed by atoms with Crippen LogP contribution in [0, 0.1) is 56.4 Å². The molecule has 0 nitrogen and oxygen atoms in total. The van der Waals surface area contributed by atoms with Crippen molar-refractivity contribution < 1.29 is 25.8 Å². The summed E-state index contributed by atoms with van der Waals surface area (Å²) in [6.07, 6.45) is 0. The molecule has 8 aromatic carbocycles. The average molecular weight is 839 g/mol. The maximum atomic E-state index is 2.48. The smallest absolute Gasteiger partial charge is 0.358 e.